The van der Waals surface area contributed by atoms with Gasteiger partial charge >= 0.3 is 6.03 Å². The van der Waals surface area contributed by atoms with Crippen LogP contribution < -0.4 is 10.6 Å². The molecule has 8 heteroatoms. The SMILES string of the molecule is O=C(Nc1ccc(Br)cc1-c1nnn[nH]1)Nc1cccc2ccccc12. The Balaban J connectivity index is 1.61. The van der Waals surface area contributed by atoms with Gasteiger partial charge in [0.15, 0.2) is 5.82 Å². The molecule has 0 aliphatic heterocycles. The first-order valence-electron chi connectivity index (χ1n) is 7.80. The number of hydrogen-bond donors (Lipinski definition) is 3. The Kier molecular flexibility index (Phi) is 4.32. The van der Waals surface area contributed by atoms with Gasteiger partial charge in [-0.25, -0.2) is 9.89 Å². The highest BCUT2D eigenvalue weighted by Gasteiger charge is 2.13. The number of benzene rings is 3. The first-order chi connectivity index (χ1) is 12.7. The Hall–Kier alpha value is -3.26. The number of fused-ring (bicyclic) bond motifs is 1. The predicted octanol–water partition coefficient (Wildman–Crippen LogP) is 4.43. The number of urea groups is 1. The molecule has 0 saturated heterocycles. The second kappa shape index (κ2) is 6.93. The van der Waals surface area contributed by atoms with Gasteiger partial charge in [0.25, 0.3) is 0 Å². The molecule has 4 aromatic rings. The number of aromatic nitrogens is 4. The largest absolute Gasteiger partial charge is 0.323 e. The zero-order valence-corrected chi connectivity index (χ0v) is 15.0. The van der Waals surface area contributed by atoms with Crippen molar-refractivity contribution in [2.75, 3.05) is 10.6 Å². The number of carbonyl (C=O) groups is 1. The summed E-state index contributed by atoms with van der Waals surface area (Å²) in [6, 6.07) is 18.7. The molecule has 3 aromatic carbocycles. The lowest BCUT2D eigenvalue weighted by Crippen LogP contribution is -2.20. The summed E-state index contributed by atoms with van der Waals surface area (Å²) in [7, 11) is 0. The topological polar surface area (TPSA) is 95.6 Å². The van der Waals surface area contributed by atoms with E-state index in [1.165, 1.54) is 0 Å². The number of amides is 2. The summed E-state index contributed by atoms with van der Waals surface area (Å²) in [5.74, 6) is 0.465. The third-order valence-electron chi connectivity index (χ3n) is 3.87. The van der Waals surface area contributed by atoms with E-state index in [2.05, 4.69) is 47.2 Å². The van der Waals surface area contributed by atoms with E-state index in [1.807, 2.05) is 54.6 Å². The fourth-order valence-electron chi connectivity index (χ4n) is 2.70. The summed E-state index contributed by atoms with van der Waals surface area (Å²) in [5, 5.41) is 21.6. The van der Waals surface area contributed by atoms with Gasteiger partial charge in [-0.3, -0.25) is 0 Å². The van der Waals surface area contributed by atoms with Crippen molar-refractivity contribution in [3.8, 4) is 11.4 Å². The average Bonchev–Trinajstić information content (AvgIpc) is 3.18. The van der Waals surface area contributed by atoms with Gasteiger partial charge in [-0.05, 0) is 40.1 Å². The number of anilines is 2. The number of rotatable bonds is 3. The number of nitrogens with one attached hydrogen (secondary N) is 3. The van der Waals surface area contributed by atoms with Crippen molar-refractivity contribution in [1.29, 1.82) is 0 Å². The fourth-order valence-corrected chi connectivity index (χ4v) is 3.07. The third kappa shape index (κ3) is 3.27. The normalized spacial score (nSPS) is 10.7. The molecule has 0 spiro atoms. The van der Waals surface area contributed by atoms with Gasteiger partial charge in [-0.15, -0.1) is 5.10 Å². The van der Waals surface area contributed by atoms with E-state index in [1.54, 1.807) is 6.07 Å². The molecule has 2 amide bonds. The minimum atomic E-state index is -0.350. The smallest absolute Gasteiger partial charge is 0.307 e. The van der Waals surface area contributed by atoms with Crippen LogP contribution in [0.4, 0.5) is 16.2 Å². The highest BCUT2D eigenvalue weighted by atomic mass is 79.9. The van der Waals surface area contributed by atoms with Gasteiger partial charge in [0, 0.05) is 15.4 Å². The van der Waals surface area contributed by atoms with Crippen LogP contribution >= 0.6 is 15.9 Å². The van der Waals surface area contributed by atoms with E-state index < -0.39 is 0 Å². The minimum absolute atomic E-state index is 0.350. The quantitative estimate of drug-likeness (QED) is 0.467. The fraction of sp³-hybridized carbons (Fsp3) is 0. The highest BCUT2D eigenvalue weighted by molar-refractivity contribution is 9.10. The average molecular weight is 409 g/mol. The maximum Gasteiger partial charge on any atom is 0.323 e. The first kappa shape index (κ1) is 16.2. The van der Waals surface area contributed by atoms with Gasteiger partial charge in [0.1, 0.15) is 0 Å². The maximum absolute atomic E-state index is 12.5. The molecule has 3 N–H and O–H groups in total. The first-order valence-corrected chi connectivity index (χ1v) is 8.59. The van der Waals surface area contributed by atoms with Crippen LogP contribution in [0, 0.1) is 0 Å². The molecular weight excluding hydrogens is 396 g/mol. The summed E-state index contributed by atoms with van der Waals surface area (Å²) in [6.07, 6.45) is 0. The lowest BCUT2D eigenvalue weighted by atomic mass is 10.1. The molecule has 26 heavy (non-hydrogen) atoms. The molecule has 0 saturated carbocycles. The van der Waals surface area contributed by atoms with Crippen molar-refractivity contribution >= 4 is 44.1 Å². The number of H-pyrrole nitrogens is 1. The van der Waals surface area contributed by atoms with Crippen molar-refractivity contribution < 1.29 is 4.79 Å². The zero-order valence-electron chi connectivity index (χ0n) is 13.4. The van der Waals surface area contributed by atoms with Crippen molar-refractivity contribution in [3.63, 3.8) is 0 Å². The third-order valence-corrected chi connectivity index (χ3v) is 4.36. The summed E-state index contributed by atoms with van der Waals surface area (Å²) >= 11 is 3.42. The zero-order chi connectivity index (χ0) is 17.9. The van der Waals surface area contributed by atoms with Crippen LogP contribution in [0.2, 0.25) is 0 Å². The van der Waals surface area contributed by atoms with E-state index in [9.17, 15) is 4.79 Å². The second-order valence-corrected chi connectivity index (χ2v) is 6.46. The van der Waals surface area contributed by atoms with E-state index in [-0.39, 0.29) is 6.03 Å². The molecule has 128 valence electrons. The molecule has 4 rings (SSSR count). The summed E-state index contributed by atoms with van der Waals surface area (Å²) in [5.41, 5.74) is 2.00. The number of halogens is 1. The maximum atomic E-state index is 12.5. The summed E-state index contributed by atoms with van der Waals surface area (Å²) in [4.78, 5) is 12.5. The molecule has 0 bridgehead atoms. The Labute approximate surface area is 156 Å². The molecule has 0 unspecified atom stereocenters. The van der Waals surface area contributed by atoms with E-state index in [0.717, 1.165) is 20.9 Å². The van der Waals surface area contributed by atoms with Crippen molar-refractivity contribution in [1.82, 2.24) is 20.6 Å². The Morgan fingerprint density at radius 1 is 0.962 bits per heavy atom. The molecule has 1 heterocycles. The van der Waals surface area contributed by atoms with Crippen LogP contribution in [-0.2, 0) is 0 Å². The van der Waals surface area contributed by atoms with Gasteiger partial charge in [0.2, 0.25) is 0 Å². The van der Waals surface area contributed by atoms with E-state index in [0.29, 0.717) is 17.1 Å². The van der Waals surface area contributed by atoms with Gasteiger partial charge < -0.3 is 10.6 Å². The molecule has 0 atom stereocenters. The molecule has 0 aliphatic carbocycles. The molecule has 0 fully saturated rings. The number of nitrogens with zero attached hydrogens (tertiary/aromatic N) is 3. The number of hydrogen-bond acceptors (Lipinski definition) is 4. The van der Waals surface area contributed by atoms with Crippen LogP contribution in [0.3, 0.4) is 0 Å². The number of carbonyl (C=O) groups excluding carboxylic acids is 1. The molecule has 1 aromatic heterocycles. The van der Waals surface area contributed by atoms with E-state index >= 15 is 0 Å². The van der Waals surface area contributed by atoms with Gasteiger partial charge in [-0.2, -0.15) is 0 Å². The van der Waals surface area contributed by atoms with Crippen molar-refractivity contribution in [3.05, 3.63) is 65.1 Å². The van der Waals surface area contributed by atoms with Crippen molar-refractivity contribution in [2.45, 2.75) is 0 Å². The Morgan fingerprint density at radius 3 is 2.62 bits per heavy atom. The van der Waals surface area contributed by atoms with Gasteiger partial charge in [-0.1, -0.05) is 52.3 Å². The van der Waals surface area contributed by atoms with Crippen LogP contribution in [0.25, 0.3) is 22.2 Å². The van der Waals surface area contributed by atoms with Crippen LogP contribution in [0.1, 0.15) is 0 Å². The monoisotopic (exact) mass is 408 g/mol. The minimum Gasteiger partial charge on any atom is -0.307 e. The van der Waals surface area contributed by atoms with Gasteiger partial charge in [0.05, 0.1) is 11.4 Å². The Morgan fingerprint density at radius 2 is 1.77 bits per heavy atom. The van der Waals surface area contributed by atoms with Crippen LogP contribution in [-0.4, -0.2) is 26.7 Å². The lowest BCUT2D eigenvalue weighted by Gasteiger charge is -2.12. The second-order valence-electron chi connectivity index (χ2n) is 5.55. The highest BCUT2D eigenvalue weighted by Crippen LogP contribution is 2.29. The van der Waals surface area contributed by atoms with Crippen LogP contribution in [0.5, 0.6) is 0 Å². The summed E-state index contributed by atoms with van der Waals surface area (Å²) < 4.78 is 0.851. The molecule has 0 radical (unpaired) electrons. The standard InChI is InChI=1S/C18H13BrN6O/c19-12-8-9-16(14(10-12)17-22-24-25-23-17)21-18(26)20-15-7-3-5-11-4-1-2-6-13(11)15/h1-10H,(H2,20,21,26)(H,22,23,24,25). The number of tetrazole rings is 1. The van der Waals surface area contributed by atoms with E-state index in [4.69, 9.17) is 0 Å². The van der Waals surface area contributed by atoms with Crippen molar-refractivity contribution in [2.24, 2.45) is 0 Å². The number of aromatic amines is 1. The summed E-state index contributed by atoms with van der Waals surface area (Å²) in [6.45, 7) is 0. The molecule has 7 nitrogen and oxygen atoms in total. The molecule has 0 aliphatic rings. The lowest BCUT2D eigenvalue weighted by molar-refractivity contribution is 0.262. The Bertz CT molecular complexity index is 1070. The molecular formula is C18H13BrN6O. The predicted molar refractivity (Wildman–Crippen MR) is 104 cm³/mol. The van der Waals surface area contributed by atoms with Crippen LogP contribution in [0.15, 0.2) is 65.1 Å².